The van der Waals surface area contributed by atoms with Crippen molar-refractivity contribution in [2.75, 3.05) is 26.7 Å². The average molecular weight is 549 g/mol. The number of hydrogen-bond donors (Lipinski definition) is 2. The average Bonchev–Trinajstić information content (AvgIpc) is 3.23. The van der Waals surface area contributed by atoms with E-state index in [-0.39, 0.29) is 36.6 Å². The second kappa shape index (κ2) is 12.4. The summed E-state index contributed by atoms with van der Waals surface area (Å²) in [5, 5.41) is 14.2. The molecule has 2 N–H and O–H groups in total. The van der Waals surface area contributed by atoms with Crippen molar-refractivity contribution in [2.45, 2.75) is 59.4 Å². The van der Waals surface area contributed by atoms with Crippen molar-refractivity contribution in [2.24, 2.45) is 18.9 Å². The van der Waals surface area contributed by atoms with Gasteiger partial charge in [-0.15, -0.1) is 0 Å². The Balaban J connectivity index is 1.79. The van der Waals surface area contributed by atoms with Gasteiger partial charge in [0.1, 0.15) is 5.69 Å². The third kappa shape index (κ3) is 5.88. The van der Waals surface area contributed by atoms with Gasteiger partial charge < -0.3 is 29.5 Å². The maximum absolute atomic E-state index is 14.4. The number of para-hydroxylation sites is 1. The Morgan fingerprint density at radius 2 is 1.80 bits per heavy atom. The lowest BCUT2D eigenvalue weighted by molar-refractivity contribution is -0.0186. The van der Waals surface area contributed by atoms with Gasteiger partial charge >= 0.3 is 6.03 Å². The lowest BCUT2D eigenvalue weighted by Crippen LogP contribution is -2.50. The van der Waals surface area contributed by atoms with Crippen molar-refractivity contribution in [3.8, 4) is 11.1 Å². The molecule has 0 aliphatic carbocycles. The molecule has 8 nitrogen and oxygen atoms in total. The van der Waals surface area contributed by atoms with Crippen LogP contribution in [0.4, 0.5) is 4.79 Å². The number of amides is 3. The highest BCUT2D eigenvalue weighted by atomic mass is 16.5. The van der Waals surface area contributed by atoms with Gasteiger partial charge in [-0.2, -0.15) is 0 Å². The van der Waals surface area contributed by atoms with Crippen molar-refractivity contribution < 1.29 is 19.4 Å². The molecule has 0 spiro atoms. The SMILES string of the molecule is CC(C)[C@@H](C)NC(=O)N(C)C[C@H]1OCc2ccccc2-c2c(n(C)c3ccccc23)C(=O)N([C@@H](C)CO)C[C@@H]1C. The molecule has 0 fully saturated rings. The highest BCUT2D eigenvalue weighted by molar-refractivity contribution is 6.10. The number of aryl methyl sites for hydroxylation is 1. The summed E-state index contributed by atoms with van der Waals surface area (Å²) in [6.07, 6.45) is -0.336. The Hall–Kier alpha value is -3.36. The minimum atomic E-state index is -0.398. The molecule has 4 atom stereocenters. The summed E-state index contributed by atoms with van der Waals surface area (Å²) in [6.45, 7) is 11.0. The van der Waals surface area contributed by atoms with Crippen molar-refractivity contribution in [3.63, 3.8) is 0 Å². The van der Waals surface area contributed by atoms with E-state index >= 15 is 0 Å². The quantitative estimate of drug-likeness (QED) is 0.459. The summed E-state index contributed by atoms with van der Waals surface area (Å²) in [6, 6.07) is 15.6. The van der Waals surface area contributed by atoms with E-state index in [0.29, 0.717) is 31.3 Å². The number of nitrogens with zero attached hydrogens (tertiary/aromatic N) is 3. The summed E-state index contributed by atoms with van der Waals surface area (Å²) in [7, 11) is 3.70. The molecule has 2 aromatic carbocycles. The van der Waals surface area contributed by atoms with Crippen LogP contribution in [-0.2, 0) is 18.4 Å². The zero-order valence-corrected chi connectivity index (χ0v) is 24.8. The summed E-state index contributed by atoms with van der Waals surface area (Å²) in [4.78, 5) is 30.8. The van der Waals surface area contributed by atoms with E-state index in [4.69, 9.17) is 4.74 Å². The van der Waals surface area contributed by atoms with Gasteiger partial charge in [0.2, 0.25) is 0 Å². The van der Waals surface area contributed by atoms with Crippen molar-refractivity contribution >= 4 is 22.8 Å². The number of aliphatic hydroxyl groups excluding tert-OH is 1. The molecule has 3 amide bonds. The van der Waals surface area contributed by atoms with E-state index in [0.717, 1.165) is 27.6 Å². The van der Waals surface area contributed by atoms with Gasteiger partial charge in [-0.05, 0) is 37.0 Å². The number of urea groups is 1. The molecule has 1 aliphatic rings. The van der Waals surface area contributed by atoms with Crippen molar-refractivity contribution in [1.29, 1.82) is 0 Å². The van der Waals surface area contributed by atoms with Crippen LogP contribution in [0.1, 0.15) is 50.7 Å². The van der Waals surface area contributed by atoms with Gasteiger partial charge in [-0.25, -0.2) is 4.79 Å². The molecule has 8 heteroatoms. The summed E-state index contributed by atoms with van der Waals surface area (Å²) < 4.78 is 8.56. The molecule has 1 aromatic heterocycles. The lowest BCUT2D eigenvalue weighted by atomic mass is 9.96. The Morgan fingerprint density at radius 3 is 2.50 bits per heavy atom. The highest BCUT2D eigenvalue weighted by Gasteiger charge is 2.34. The number of rotatable bonds is 6. The van der Waals surface area contributed by atoms with Crippen LogP contribution in [0.15, 0.2) is 48.5 Å². The summed E-state index contributed by atoms with van der Waals surface area (Å²) in [5.74, 6) is 0.0761. The minimum Gasteiger partial charge on any atom is -0.394 e. The van der Waals surface area contributed by atoms with Gasteiger partial charge in [-0.1, -0.05) is 63.2 Å². The molecule has 40 heavy (non-hydrogen) atoms. The zero-order chi connectivity index (χ0) is 29.1. The maximum atomic E-state index is 14.4. The number of carbonyl (C=O) groups excluding carboxylic acids is 2. The topological polar surface area (TPSA) is 87.0 Å². The van der Waals surface area contributed by atoms with Crippen LogP contribution >= 0.6 is 0 Å². The third-order valence-corrected chi connectivity index (χ3v) is 8.38. The number of ether oxygens (including phenoxy) is 1. The van der Waals surface area contributed by atoms with Crippen LogP contribution < -0.4 is 5.32 Å². The van der Waals surface area contributed by atoms with Gasteiger partial charge in [-0.3, -0.25) is 4.79 Å². The number of benzene rings is 2. The van der Waals surface area contributed by atoms with Crippen LogP contribution in [0, 0.1) is 11.8 Å². The first kappa shape index (κ1) is 29.6. The second-order valence-electron chi connectivity index (χ2n) is 11.6. The molecule has 2 heterocycles. The lowest BCUT2D eigenvalue weighted by Gasteiger charge is -2.35. The summed E-state index contributed by atoms with van der Waals surface area (Å²) >= 11 is 0. The number of aromatic nitrogens is 1. The Bertz CT molecular complexity index is 1350. The Kier molecular flexibility index (Phi) is 9.21. The smallest absolute Gasteiger partial charge is 0.317 e. The molecule has 0 saturated heterocycles. The molecule has 216 valence electrons. The van der Waals surface area contributed by atoms with Gasteiger partial charge in [0.05, 0.1) is 25.4 Å². The Morgan fingerprint density at radius 1 is 1.12 bits per heavy atom. The molecule has 0 radical (unpaired) electrons. The third-order valence-electron chi connectivity index (χ3n) is 8.38. The van der Waals surface area contributed by atoms with E-state index < -0.39 is 6.04 Å². The number of hydrogen-bond acceptors (Lipinski definition) is 4. The first-order valence-corrected chi connectivity index (χ1v) is 14.3. The van der Waals surface area contributed by atoms with E-state index in [1.807, 2.05) is 74.9 Å². The predicted molar refractivity (Wildman–Crippen MR) is 159 cm³/mol. The molecule has 0 saturated carbocycles. The molecule has 4 rings (SSSR count). The zero-order valence-electron chi connectivity index (χ0n) is 24.8. The van der Waals surface area contributed by atoms with E-state index in [2.05, 4.69) is 25.2 Å². The van der Waals surface area contributed by atoms with Crippen LogP contribution in [0.5, 0.6) is 0 Å². The van der Waals surface area contributed by atoms with Crippen LogP contribution in [-0.4, -0.2) is 76.3 Å². The van der Waals surface area contributed by atoms with Crippen molar-refractivity contribution in [1.82, 2.24) is 19.7 Å². The Labute approximate surface area is 237 Å². The first-order valence-electron chi connectivity index (χ1n) is 14.3. The molecule has 0 bridgehead atoms. The maximum Gasteiger partial charge on any atom is 0.317 e. The van der Waals surface area contributed by atoms with Crippen molar-refractivity contribution in [3.05, 3.63) is 59.8 Å². The van der Waals surface area contributed by atoms with E-state index in [1.165, 1.54) is 0 Å². The van der Waals surface area contributed by atoms with Crippen LogP contribution in [0.2, 0.25) is 0 Å². The molecule has 0 unspecified atom stereocenters. The molecule has 3 aromatic rings. The fourth-order valence-electron chi connectivity index (χ4n) is 5.35. The van der Waals surface area contributed by atoms with Gasteiger partial charge in [0, 0.05) is 55.6 Å². The molecule has 1 aliphatic heterocycles. The minimum absolute atomic E-state index is 0.0413. The molecular weight excluding hydrogens is 504 g/mol. The number of fused-ring (bicyclic) bond motifs is 5. The standard InChI is InChI=1S/C32H44N4O4/c1-20(2)23(5)33-32(39)34(6)17-28-21(3)16-36(22(4)18-37)31(38)30-29(25-13-9-8-12-24(25)19-40-28)26-14-10-11-15-27(26)35(30)7/h8-15,20-23,28,37H,16-19H2,1-7H3,(H,33,39)/t21-,22-,23+,28+/m0/s1. The van der Waals surface area contributed by atoms with Gasteiger partial charge in [0.25, 0.3) is 5.91 Å². The van der Waals surface area contributed by atoms with Crippen LogP contribution in [0.25, 0.3) is 22.0 Å². The number of nitrogens with one attached hydrogen (secondary N) is 1. The number of aliphatic hydroxyl groups is 1. The largest absolute Gasteiger partial charge is 0.394 e. The number of carbonyl (C=O) groups is 2. The van der Waals surface area contributed by atoms with Gasteiger partial charge in [0.15, 0.2) is 0 Å². The van der Waals surface area contributed by atoms with E-state index in [9.17, 15) is 14.7 Å². The highest BCUT2D eigenvalue weighted by Crippen LogP contribution is 2.38. The fourth-order valence-corrected chi connectivity index (χ4v) is 5.35. The predicted octanol–water partition coefficient (Wildman–Crippen LogP) is 4.89. The first-order chi connectivity index (χ1) is 19.0. The second-order valence-corrected chi connectivity index (χ2v) is 11.6. The number of likely N-dealkylation sites (N-methyl/N-ethyl adjacent to an activating group) is 1. The normalized spacial score (nSPS) is 19.5. The van der Waals surface area contributed by atoms with E-state index in [1.54, 1.807) is 16.8 Å². The fraction of sp³-hybridized carbons (Fsp3) is 0.500. The monoisotopic (exact) mass is 548 g/mol. The summed E-state index contributed by atoms with van der Waals surface area (Å²) in [5.41, 5.74) is 4.37. The molecular formula is C32H44N4O4. The van der Waals surface area contributed by atoms with Crippen LogP contribution in [0.3, 0.4) is 0 Å².